The average molecular weight is 392 g/mol. The Kier molecular flexibility index (Phi) is 5.96. The molecular weight excluding hydrogens is 374 g/mol. The Bertz CT molecular complexity index is 894. The first-order chi connectivity index (χ1) is 12.6. The van der Waals surface area contributed by atoms with Crippen molar-refractivity contribution in [2.45, 2.75) is 26.4 Å². The molecule has 3 aromatic rings. The number of ether oxygens (including phenoxy) is 3. The third-order valence-corrected chi connectivity index (χ3v) is 4.69. The van der Waals surface area contributed by atoms with Gasteiger partial charge in [0.15, 0.2) is 6.10 Å². The van der Waals surface area contributed by atoms with Crippen molar-refractivity contribution in [2.24, 2.45) is 0 Å². The molecule has 0 bridgehead atoms. The third-order valence-electron chi connectivity index (χ3n) is 3.56. The molecule has 1 aromatic heterocycles. The summed E-state index contributed by atoms with van der Waals surface area (Å²) in [5.74, 6) is 0.850. The molecule has 0 spiro atoms. The number of rotatable bonds is 7. The summed E-state index contributed by atoms with van der Waals surface area (Å²) in [5.41, 5.74) is 0.842. The van der Waals surface area contributed by atoms with Gasteiger partial charge in [0.25, 0.3) is 5.19 Å². The lowest BCUT2D eigenvalue weighted by Gasteiger charge is -2.16. The highest BCUT2D eigenvalue weighted by Crippen LogP contribution is 2.33. The van der Waals surface area contributed by atoms with Crippen molar-refractivity contribution in [2.75, 3.05) is 6.61 Å². The first kappa shape index (κ1) is 18.5. The molecule has 0 unspecified atom stereocenters. The first-order valence-electron chi connectivity index (χ1n) is 8.26. The number of hydrogen-bond acceptors (Lipinski definition) is 6. The average Bonchev–Trinajstić information content (AvgIpc) is 3.02. The van der Waals surface area contributed by atoms with Crippen molar-refractivity contribution in [1.82, 2.24) is 4.98 Å². The molecule has 1 heterocycles. The van der Waals surface area contributed by atoms with E-state index in [2.05, 4.69) is 4.98 Å². The van der Waals surface area contributed by atoms with E-state index < -0.39 is 6.10 Å². The van der Waals surface area contributed by atoms with Crippen molar-refractivity contribution in [3.05, 3.63) is 47.5 Å². The van der Waals surface area contributed by atoms with Crippen LogP contribution in [0.2, 0.25) is 5.02 Å². The molecule has 3 rings (SSSR count). The minimum Gasteiger partial charge on any atom is -0.479 e. The van der Waals surface area contributed by atoms with Gasteiger partial charge in [-0.2, -0.15) is 0 Å². The van der Waals surface area contributed by atoms with Crippen LogP contribution in [0.1, 0.15) is 20.3 Å². The second kappa shape index (κ2) is 8.38. The van der Waals surface area contributed by atoms with Gasteiger partial charge in [0, 0.05) is 5.02 Å². The molecule has 0 N–H and O–H groups in total. The van der Waals surface area contributed by atoms with E-state index in [4.69, 9.17) is 25.8 Å². The molecule has 1 atom stereocenters. The van der Waals surface area contributed by atoms with Crippen LogP contribution < -0.4 is 9.47 Å². The number of hydrogen-bond donors (Lipinski definition) is 0. The van der Waals surface area contributed by atoms with Crippen LogP contribution in [0, 0.1) is 0 Å². The molecule has 0 saturated heterocycles. The molecule has 0 aliphatic rings. The lowest BCUT2D eigenvalue weighted by Crippen LogP contribution is -2.28. The van der Waals surface area contributed by atoms with Crippen LogP contribution in [0.4, 0.5) is 0 Å². The molecule has 0 saturated carbocycles. The molecule has 7 heteroatoms. The van der Waals surface area contributed by atoms with E-state index in [1.165, 1.54) is 11.3 Å². The van der Waals surface area contributed by atoms with Crippen LogP contribution in [-0.2, 0) is 9.53 Å². The van der Waals surface area contributed by atoms with Gasteiger partial charge >= 0.3 is 5.97 Å². The lowest BCUT2D eigenvalue weighted by molar-refractivity contribution is -0.151. The van der Waals surface area contributed by atoms with Crippen LogP contribution in [0.5, 0.6) is 16.7 Å². The summed E-state index contributed by atoms with van der Waals surface area (Å²) < 4.78 is 17.4. The smallest absolute Gasteiger partial charge is 0.347 e. The molecule has 0 radical (unpaired) electrons. The number of carbonyl (C=O) groups is 1. The Morgan fingerprint density at radius 3 is 2.58 bits per heavy atom. The summed E-state index contributed by atoms with van der Waals surface area (Å²) in [6.07, 6.45) is -0.0820. The summed E-state index contributed by atoms with van der Waals surface area (Å²) in [6.45, 7) is 3.98. The van der Waals surface area contributed by atoms with Gasteiger partial charge in [0.1, 0.15) is 11.5 Å². The number of fused-ring (bicyclic) bond motifs is 1. The second-order valence-corrected chi connectivity index (χ2v) is 6.86. The Labute approximate surface area is 160 Å². The summed E-state index contributed by atoms with van der Waals surface area (Å²) in [6, 6.07) is 12.6. The molecule has 26 heavy (non-hydrogen) atoms. The van der Waals surface area contributed by atoms with Gasteiger partial charge in [-0.25, -0.2) is 9.78 Å². The fourth-order valence-corrected chi connectivity index (χ4v) is 3.42. The van der Waals surface area contributed by atoms with Gasteiger partial charge in [-0.3, -0.25) is 0 Å². The number of benzene rings is 2. The van der Waals surface area contributed by atoms with E-state index in [-0.39, 0.29) is 5.97 Å². The maximum Gasteiger partial charge on any atom is 0.347 e. The zero-order valence-corrected chi connectivity index (χ0v) is 16.0. The van der Waals surface area contributed by atoms with Crippen molar-refractivity contribution in [1.29, 1.82) is 0 Å². The predicted octanol–water partition coefficient (Wildman–Crippen LogP) is 5.46. The Balaban J connectivity index is 1.67. The van der Waals surface area contributed by atoms with E-state index >= 15 is 0 Å². The van der Waals surface area contributed by atoms with Crippen LogP contribution in [-0.4, -0.2) is 23.7 Å². The van der Waals surface area contributed by atoms with Crippen molar-refractivity contribution in [3.8, 4) is 16.7 Å². The summed E-state index contributed by atoms with van der Waals surface area (Å²) in [5, 5.41) is 1.20. The minimum absolute atomic E-state index is 0.332. The molecule has 136 valence electrons. The zero-order chi connectivity index (χ0) is 18.5. The second-order valence-electron chi connectivity index (χ2n) is 5.43. The van der Waals surface area contributed by atoms with Crippen molar-refractivity contribution < 1.29 is 19.0 Å². The van der Waals surface area contributed by atoms with E-state index in [0.29, 0.717) is 34.7 Å². The standard InChI is InChI=1S/C19H18ClNO4S/c1-3-16(18(22)23-4-2)24-13-6-8-14(9-7-13)25-19-21-15-10-5-12(20)11-17(15)26-19/h5-11,16H,3-4H2,1-2H3/t16-/m1/s1. The highest BCUT2D eigenvalue weighted by molar-refractivity contribution is 7.20. The van der Waals surface area contributed by atoms with Gasteiger partial charge in [-0.15, -0.1) is 0 Å². The normalized spacial score (nSPS) is 12.0. The van der Waals surface area contributed by atoms with Gasteiger partial charge < -0.3 is 14.2 Å². The first-order valence-corrected chi connectivity index (χ1v) is 9.45. The molecule has 0 fully saturated rings. The molecule has 5 nitrogen and oxygen atoms in total. The van der Waals surface area contributed by atoms with Crippen molar-refractivity contribution in [3.63, 3.8) is 0 Å². The van der Waals surface area contributed by atoms with Crippen LogP contribution >= 0.6 is 22.9 Å². The fourth-order valence-electron chi connectivity index (χ4n) is 2.31. The van der Waals surface area contributed by atoms with Crippen LogP contribution in [0.25, 0.3) is 10.2 Å². The van der Waals surface area contributed by atoms with E-state index in [9.17, 15) is 4.79 Å². The van der Waals surface area contributed by atoms with Gasteiger partial charge in [-0.1, -0.05) is 29.9 Å². The fraction of sp³-hybridized carbons (Fsp3) is 0.263. The number of aromatic nitrogens is 1. The third kappa shape index (κ3) is 4.45. The van der Waals surface area contributed by atoms with Crippen LogP contribution in [0.15, 0.2) is 42.5 Å². The molecule has 0 amide bonds. The number of thiazole rings is 1. The van der Waals surface area contributed by atoms with E-state index in [1.54, 1.807) is 37.3 Å². The number of halogens is 1. The summed E-state index contributed by atoms with van der Waals surface area (Å²) in [7, 11) is 0. The SMILES string of the molecule is CCOC(=O)[C@@H](CC)Oc1ccc(Oc2nc3ccc(Cl)cc3s2)cc1. The summed E-state index contributed by atoms with van der Waals surface area (Å²) in [4.78, 5) is 16.2. The molecule has 2 aromatic carbocycles. The monoisotopic (exact) mass is 391 g/mol. The Morgan fingerprint density at radius 1 is 1.15 bits per heavy atom. The molecular formula is C19H18ClNO4S. The van der Waals surface area contributed by atoms with E-state index in [1.807, 2.05) is 19.1 Å². The number of carbonyl (C=O) groups excluding carboxylic acids is 1. The zero-order valence-electron chi connectivity index (χ0n) is 14.4. The highest BCUT2D eigenvalue weighted by atomic mass is 35.5. The van der Waals surface area contributed by atoms with Gasteiger partial charge in [0.2, 0.25) is 0 Å². The predicted molar refractivity (Wildman–Crippen MR) is 102 cm³/mol. The molecule has 0 aliphatic carbocycles. The van der Waals surface area contributed by atoms with Gasteiger partial charge in [-0.05, 0) is 55.8 Å². The van der Waals surface area contributed by atoms with Crippen molar-refractivity contribution >= 4 is 39.1 Å². The van der Waals surface area contributed by atoms with Gasteiger partial charge in [0.05, 0.1) is 16.8 Å². The number of nitrogens with zero attached hydrogens (tertiary/aromatic N) is 1. The maximum absolute atomic E-state index is 11.8. The summed E-state index contributed by atoms with van der Waals surface area (Å²) >= 11 is 7.42. The lowest BCUT2D eigenvalue weighted by atomic mass is 10.2. The Morgan fingerprint density at radius 2 is 1.88 bits per heavy atom. The van der Waals surface area contributed by atoms with Crippen LogP contribution in [0.3, 0.4) is 0 Å². The largest absolute Gasteiger partial charge is 0.479 e. The maximum atomic E-state index is 11.8. The topological polar surface area (TPSA) is 57.7 Å². The number of esters is 1. The van der Waals surface area contributed by atoms with E-state index in [0.717, 1.165) is 10.2 Å². The minimum atomic E-state index is -0.615. The Hall–Kier alpha value is -2.31. The molecule has 0 aliphatic heterocycles. The quantitative estimate of drug-likeness (QED) is 0.500. The highest BCUT2D eigenvalue weighted by Gasteiger charge is 2.19.